The average Bonchev–Trinajstić information content (AvgIpc) is 2.63. The minimum absolute atomic E-state index is 0.278. The molecule has 0 saturated carbocycles. The predicted octanol–water partition coefficient (Wildman–Crippen LogP) is 4.30. The Morgan fingerprint density at radius 1 is 1.12 bits per heavy atom. The molecule has 1 unspecified atom stereocenters. The van der Waals surface area contributed by atoms with Crippen LogP contribution >= 0.6 is 0 Å². The van der Waals surface area contributed by atoms with Crippen LogP contribution in [0, 0.1) is 5.92 Å². The molecule has 1 fully saturated rings. The van der Waals surface area contributed by atoms with Crippen molar-refractivity contribution in [1.82, 2.24) is 0 Å². The zero-order valence-electron chi connectivity index (χ0n) is 15.5. The second-order valence-corrected chi connectivity index (χ2v) is 7.55. The van der Waals surface area contributed by atoms with Crippen LogP contribution in [0.15, 0.2) is 41.4 Å². The van der Waals surface area contributed by atoms with E-state index in [0.717, 1.165) is 22.4 Å². The molecule has 2 aliphatic heterocycles. The zero-order valence-corrected chi connectivity index (χ0v) is 15.5. The predicted molar refractivity (Wildman–Crippen MR) is 102 cm³/mol. The number of hydrogen-bond acceptors (Lipinski definition) is 3. The van der Waals surface area contributed by atoms with E-state index in [9.17, 15) is 0 Å². The van der Waals surface area contributed by atoms with E-state index in [1.54, 1.807) is 0 Å². The standard InChI is InChI=1S/C20H26BNO2/c1-7-9-17-14(2)12-13-15-16(10-8-11-18(15)22-17)21-23-19(3,4)20(5,6)24-21/h7-14H,1-6H3/b9-7-. The average molecular weight is 323 g/mol. The lowest BCUT2D eigenvalue weighted by Gasteiger charge is -2.32. The van der Waals surface area contributed by atoms with Crippen LogP contribution < -0.4 is 5.46 Å². The Hall–Kier alpha value is -1.65. The summed E-state index contributed by atoms with van der Waals surface area (Å²) in [4.78, 5) is 4.87. The van der Waals surface area contributed by atoms with E-state index in [-0.39, 0.29) is 24.2 Å². The molecule has 0 aliphatic carbocycles. The Labute approximate surface area is 145 Å². The van der Waals surface area contributed by atoms with Gasteiger partial charge in [-0.15, -0.1) is 0 Å². The van der Waals surface area contributed by atoms with Crippen LogP contribution in [0.5, 0.6) is 0 Å². The maximum atomic E-state index is 6.24. The van der Waals surface area contributed by atoms with Crippen LogP contribution in [0.2, 0.25) is 0 Å². The largest absolute Gasteiger partial charge is 0.495 e. The van der Waals surface area contributed by atoms with Gasteiger partial charge in [0.05, 0.1) is 16.9 Å². The lowest BCUT2D eigenvalue weighted by Crippen LogP contribution is -2.41. The normalized spacial score (nSPS) is 24.8. The first-order valence-corrected chi connectivity index (χ1v) is 8.63. The van der Waals surface area contributed by atoms with E-state index in [0.29, 0.717) is 0 Å². The van der Waals surface area contributed by atoms with Gasteiger partial charge in [-0.1, -0.05) is 37.3 Å². The topological polar surface area (TPSA) is 30.8 Å². The van der Waals surface area contributed by atoms with Crippen molar-refractivity contribution in [3.05, 3.63) is 42.0 Å². The first kappa shape index (κ1) is 17.2. The number of fused-ring (bicyclic) bond motifs is 1. The van der Waals surface area contributed by atoms with Crippen LogP contribution in [-0.2, 0) is 9.31 Å². The fourth-order valence-corrected chi connectivity index (χ4v) is 2.96. The number of nitrogens with zero attached hydrogens (tertiary/aromatic N) is 1. The summed E-state index contributed by atoms with van der Waals surface area (Å²) < 4.78 is 12.5. The summed E-state index contributed by atoms with van der Waals surface area (Å²) in [6.07, 6.45) is 8.46. The minimum Gasteiger partial charge on any atom is -0.399 e. The fourth-order valence-electron chi connectivity index (χ4n) is 2.96. The van der Waals surface area contributed by atoms with E-state index in [2.05, 4.69) is 65.0 Å². The van der Waals surface area contributed by atoms with Crippen molar-refractivity contribution in [3.8, 4) is 0 Å². The van der Waals surface area contributed by atoms with E-state index < -0.39 is 0 Å². The lowest BCUT2D eigenvalue weighted by molar-refractivity contribution is 0.00578. The molecule has 3 nitrogen and oxygen atoms in total. The Morgan fingerprint density at radius 2 is 1.79 bits per heavy atom. The first-order valence-electron chi connectivity index (χ1n) is 8.63. The molecule has 1 saturated heterocycles. The van der Waals surface area contributed by atoms with E-state index in [1.807, 2.05) is 19.1 Å². The number of benzene rings is 1. The van der Waals surface area contributed by atoms with Gasteiger partial charge < -0.3 is 9.31 Å². The highest BCUT2D eigenvalue weighted by molar-refractivity contribution is 6.63. The molecule has 3 rings (SSSR count). The Bertz CT molecular complexity index is 715. The fraction of sp³-hybridized carbons (Fsp3) is 0.450. The summed E-state index contributed by atoms with van der Waals surface area (Å²) in [5, 5.41) is 0. The molecular formula is C20H26BNO2. The molecule has 0 aromatic heterocycles. The van der Waals surface area contributed by atoms with Gasteiger partial charge in [0, 0.05) is 11.6 Å². The summed E-state index contributed by atoms with van der Waals surface area (Å²) in [6, 6.07) is 6.15. The second-order valence-electron chi connectivity index (χ2n) is 7.55. The van der Waals surface area contributed by atoms with Gasteiger partial charge in [-0.3, -0.25) is 4.99 Å². The number of hydrogen-bond donors (Lipinski definition) is 0. The third-order valence-corrected chi connectivity index (χ3v) is 5.23. The molecule has 126 valence electrons. The van der Waals surface area contributed by atoms with Gasteiger partial charge >= 0.3 is 7.12 Å². The van der Waals surface area contributed by atoms with Crippen molar-refractivity contribution >= 4 is 30.1 Å². The van der Waals surface area contributed by atoms with Gasteiger partial charge in [0.25, 0.3) is 0 Å². The quantitative estimate of drug-likeness (QED) is 0.760. The highest BCUT2D eigenvalue weighted by atomic mass is 16.7. The van der Waals surface area contributed by atoms with Crippen molar-refractivity contribution in [2.24, 2.45) is 10.9 Å². The maximum Gasteiger partial charge on any atom is 0.495 e. The smallest absolute Gasteiger partial charge is 0.399 e. The van der Waals surface area contributed by atoms with Crippen molar-refractivity contribution in [2.75, 3.05) is 0 Å². The van der Waals surface area contributed by atoms with E-state index >= 15 is 0 Å². The molecule has 24 heavy (non-hydrogen) atoms. The highest BCUT2D eigenvalue weighted by Crippen LogP contribution is 2.37. The molecule has 1 aromatic rings. The van der Waals surface area contributed by atoms with E-state index in [4.69, 9.17) is 14.3 Å². The van der Waals surface area contributed by atoms with Gasteiger partial charge in [-0.2, -0.15) is 0 Å². The summed E-state index contributed by atoms with van der Waals surface area (Å²) in [5.74, 6) is 0.278. The van der Waals surface area contributed by atoms with Crippen molar-refractivity contribution in [2.45, 2.75) is 52.7 Å². The highest BCUT2D eigenvalue weighted by Gasteiger charge is 2.52. The number of rotatable bonds is 2. The van der Waals surface area contributed by atoms with Crippen molar-refractivity contribution in [3.63, 3.8) is 0 Å². The van der Waals surface area contributed by atoms with Crippen LogP contribution in [0.3, 0.4) is 0 Å². The van der Waals surface area contributed by atoms with Crippen molar-refractivity contribution < 1.29 is 9.31 Å². The lowest BCUT2D eigenvalue weighted by atomic mass is 9.75. The molecule has 0 amide bonds. The van der Waals surface area contributed by atoms with Crippen LogP contribution in [-0.4, -0.2) is 24.0 Å². The third-order valence-electron chi connectivity index (χ3n) is 5.23. The minimum atomic E-state index is -0.372. The van der Waals surface area contributed by atoms with Crippen LogP contribution in [0.4, 0.5) is 5.69 Å². The summed E-state index contributed by atoms with van der Waals surface area (Å²) in [5.41, 5.74) is 3.47. The molecule has 0 spiro atoms. The molecule has 1 atom stereocenters. The molecule has 2 heterocycles. The Morgan fingerprint density at radius 3 is 2.42 bits per heavy atom. The van der Waals surface area contributed by atoms with E-state index in [1.165, 1.54) is 0 Å². The van der Waals surface area contributed by atoms with Gasteiger partial charge in [-0.25, -0.2) is 0 Å². The molecule has 2 aliphatic rings. The first-order chi connectivity index (χ1) is 11.2. The van der Waals surface area contributed by atoms with Crippen molar-refractivity contribution in [1.29, 1.82) is 0 Å². The SMILES string of the molecule is C/C=C\C1=Nc2cccc(B3OC(C)(C)C(C)(C)O3)c2C=CC1C. The molecule has 0 bridgehead atoms. The summed E-state index contributed by atoms with van der Waals surface area (Å²) in [6.45, 7) is 12.5. The third kappa shape index (κ3) is 2.89. The molecule has 0 radical (unpaired) electrons. The molecule has 0 N–H and O–H groups in total. The van der Waals surface area contributed by atoms with Gasteiger partial charge in [0.1, 0.15) is 0 Å². The monoisotopic (exact) mass is 323 g/mol. The van der Waals surface area contributed by atoms with Gasteiger partial charge in [0.15, 0.2) is 0 Å². The van der Waals surface area contributed by atoms with Gasteiger partial charge in [0.2, 0.25) is 0 Å². The Balaban J connectivity index is 2.06. The second kappa shape index (κ2) is 6.01. The molecule has 4 heteroatoms. The molecule has 1 aromatic carbocycles. The Kier molecular flexibility index (Phi) is 4.31. The van der Waals surface area contributed by atoms with Crippen LogP contribution in [0.1, 0.15) is 47.1 Å². The summed E-state index contributed by atoms with van der Waals surface area (Å²) >= 11 is 0. The number of aliphatic imine (C=N–C) groups is 1. The summed E-state index contributed by atoms with van der Waals surface area (Å²) in [7, 11) is -0.372. The van der Waals surface area contributed by atoms with Crippen LogP contribution in [0.25, 0.3) is 6.08 Å². The van der Waals surface area contributed by atoms with Gasteiger partial charge in [-0.05, 0) is 57.8 Å². The zero-order chi connectivity index (χ0) is 17.5. The molecular weight excluding hydrogens is 297 g/mol. The number of allylic oxidation sites excluding steroid dienone is 3. The maximum absolute atomic E-state index is 6.24.